The number of likely N-dealkylation sites (N-methyl/N-ethyl adjacent to an activating group) is 1. The molecule has 1 aliphatic rings. The lowest BCUT2D eigenvalue weighted by Gasteiger charge is -2.36. The van der Waals surface area contributed by atoms with E-state index in [-0.39, 0.29) is 19.5 Å². The number of halogens is 4. The van der Waals surface area contributed by atoms with Crippen LogP contribution in [0.1, 0.15) is 30.9 Å². The molecule has 6 nitrogen and oxygen atoms in total. The van der Waals surface area contributed by atoms with Crippen LogP contribution in [0.5, 0.6) is 5.75 Å². The summed E-state index contributed by atoms with van der Waals surface area (Å²) in [5.74, 6) is -2.01. The Kier molecular flexibility index (Phi) is 8.86. The molecule has 0 bridgehead atoms. The number of aryl methyl sites for hydroxylation is 1. The average molecular weight is 606 g/mol. The number of anilines is 1. The number of hydrogen-bond donors (Lipinski definition) is 1. The summed E-state index contributed by atoms with van der Waals surface area (Å²) in [5.41, 5.74) is 2.17. The second kappa shape index (κ2) is 12.0. The first-order valence-electron chi connectivity index (χ1n) is 12.8. The molecule has 0 aromatic heterocycles. The van der Waals surface area contributed by atoms with Gasteiger partial charge in [0.2, 0.25) is 5.91 Å². The van der Waals surface area contributed by atoms with E-state index in [1.807, 2.05) is 49.4 Å². The molecule has 3 aromatic rings. The van der Waals surface area contributed by atoms with Crippen LogP contribution in [0.4, 0.5) is 18.9 Å². The minimum absolute atomic E-state index is 0.0613. The fourth-order valence-electron chi connectivity index (χ4n) is 5.19. The van der Waals surface area contributed by atoms with Gasteiger partial charge >= 0.3 is 12.1 Å². The van der Waals surface area contributed by atoms with Gasteiger partial charge in [-0.2, -0.15) is 13.2 Å². The maximum absolute atomic E-state index is 14.2. The maximum atomic E-state index is 14.2. The van der Waals surface area contributed by atoms with Crippen molar-refractivity contribution >= 4 is 44.2 Å². The number of hydrogen-bond acceptors (Lipinski definition) is 4. The lowest BCUT2D eigenvalue weighted by Crippen LogP contribution is -2.57. The number of para-hydroxylation sites is 1. The fraction of sp³-hybridized carbons (Fsp3) is 0.379. The summed E-state index contributed by atoms with van der Waals surface area (Å²) in [6, 6.07) is 15.1. The van der Waals surface area contributed by atoms with E-state index in [4.69, 9.17) is 4.74 Å². The Bertz CT molecular complexity index is 1360. The molecule has 208 valence electrons. The normalized spacial score (nSPS) is 16.5. The minimum Gasteiger partial charge on any atom is -0.496 e. The molecule has 0 fully saturated rings. The first-order chi connectivity index (χ1) is 18.6. The van der Waals surface area contributed by atoms with Crippen molar-refractivity contribution in [1.82, 2.24) is 10.2 Å². The van der Waals surface area contributed by atoms with Crippen molar-refractivity contribution in [3.8, 4) is 5.75 Å². The fourth-order valence-corrected chi connectivity index (χ4v) is 5.56. The number of rotatable bonds is 8. The van der Waals surface area contributed by atoms with Crippen LogP contribution < -0.4 is 15.0 Å². The van der Waals surface area contributed by atoms with Gasteiger partial charge in [-0.3, -0.25) is 9.59 Å². The van der Waals surface area contributed by atoms with Crippen molar-refractivity contribution in [2.24, 2.45) is 0 Å². The van der Waals surface area contributed by atoms with Crippen molar-refractivity contribution in [3.05, 3.63) is 70.2 Å². The molecule has 4 rings (SSSR count). The van der Waals surface area contributed by atoms with Crippen LogP contribution in [0.3, 0.4) is 0 Å². The Hall–Kier alpha value is -3.11. The van der Waals surface area contributed by atoms with Crippen LogP contribution in [0.15, 0.2) is 59.1 Å². The second-order valence-electron chi connectivity index (χ2n) is 9.57. The van der Waals surface area contributed by atoms with E-state index in [9.17, 15) is 22.8 Å². The summed E-state index contributed by atoms with van der Waals surface area (Å²) in [4.78, 5) is 29.2. The first kappa shape index (κ1) is 28.9. The lowest BCUT2D eigenvalue weighted by atomic mass is 10.0. The molecule has 1 N–H and O–H groups in total. The van der Waals surface area contributed by atoms with E-state index in [0.717, 1.165) is 26.4 Å². The highest BCUT2D eigenvalue weighted by Gasteiger charge is 2.48. The average Bonchev–Trinajstić information content (AvgIpc) is 3.05. The Morgan fingerprint density at radius 1 is 1.21 bits per heavy atom. The highest BCUT2D eigenvalue weighted by molar-refractivity contribution is 9.10. The molecule has 3 aromatic carbocycles. The van der Waals surface area contributed by atoms with Gasteiger partial charge in [-0.1, -0.05) is 53.2 Å². The predicted molar refractivity (Wildman–Crippen MR) is 149 cm³/mol. The summed E-state index contributed by atoms with van der Waals surface area (Å²) >= 11 is 3.49. The van der Waals surface area contributed by atoms with Gasteiger partial charge in [-0.05, 0) is 66.9 Å². The van der Waals surface area contributed by atoms with Gasteiger partial charge in [0.1, 0.15) is 11.8 Å². The first-order valence-corrected chi connectivity index (χ1v) is 13.6. The standard InChI is InChI=1S/C29H31BrF3N3O3/c1-4-21(34-2)16-36(28(38)29(31,32)33)25-13-9-18-7-5-6-8-24(18)35(27(25)37)17-23-22-12-11-20(30)15-19(22)10-14-26(23)39-3/h5-8,10-12,14-15,21,25,34H,4,9,13,16-17H2,1-3H3/t21-,25-/m0/s1. The van der Waals surface area contributed by atoms with Gasteiger partial charge in [0, 0.05) is 28.3 Å². The predicted octanol–water partition coefficient (Wildman–Crippen LogP) is 5.85. The Balaban J connectivity index is 1.83. The number of ether oxygens (including phenoxy) is 1. The van der Waals surface area contributed by atoms with E-state index in [1.54, 1.807) is 19.2 Å². The number of benzene rings is 3. The molecule has 1 heterocycles. The van der Waals surface area contributed by atoms with Crippen molar-refractivity contribution in [3.63, 3.8) is 0 Å². The van der Waals surface area contributed by atoms with Crippen LogP contribution in [0.2, 0.25) is 0 Å². The van der Waals surface area contributed by atoms with Crippen molar-refractivity contribution in [1.29, 1.82) is 0 Å². The molecule has 2 atom stereocenters. The van der Waals surface area contributed by atoms with E-state index in [0.29, 0.717) is 29.2 Å². The molecular formula is C29H31BrF3N3O3. The molecule has 0 saturated carbocycles. The summed E-state index contributed by atoms with van der Waals surface area (Å²) in [5, 5.41) is 4.73. The second-order valence-corrected chi connectivity index (χ2v) is 10.5. The number of nitrogens with zero attached hydrogens (tertiary/aromatic N) is 2. The molecule has 1 aliphatic heterocycles. The van der Waals surface area contributed by atoms with Gasteiger partial charge in [0.25, 0.3) is 0 Å². The van der Waals surface area contributed by atoms with Crippen molar-refractivity contribution in [2.75, 3.05) is 25.6 Å². The van der Waals surface area contributed by atoms with Crippen LogP contribution >= 0.6 is 15.9 Å². The molecule has 0 radical (unpaired) electrons. The van der Waals surface area contributed by atoms with E-state index < -0.39 is 30.1 Å². The highest BCUT2D eigenvalue weighted by atomic mass is 79.9. The van der Waals surface area contributed by atoms with Crippen molar-refractivity contribution < 1.29 is 27.5 Å². The zero-order chi connectivity index (χ0) is 28.3. The van der Waals surface area contributed by atoms with Gasteiger partial charge in [-0.15, -0.1) is 0 Å². The Morgan fingerprint density at radius 2 is 1.95 bits per heavy atom. The monoisotopic (exact) mass is 605 g/mol. The molecule has 2 amide bonds. The molecule has 0 unspecified atom stereocenters. The maximum Gasteiger partial charge on any atom is 0.471 e. The number of alkyl halides is 3. The van der Waals surface area contributed by atoms with Crippen LogP contribution in [0, 0.1) is 0 Å². The third-order valence-corrected chi connectivity index (χ3v) is 7.80. The van der Waals surface area contributed by atoms with Gasteiger partial charge in [0.15, 0.2) is 0 Å². The summed E-state index contributed by atoms with van der Waals surface area (Å²) in [6.45, 7) is 1.64. The minimum atomic E-state index is -5.11. The smallest absolute Gasteiger partial charge is 0.471 e. The molecule has 0 saturated heterocycles. The summed E-state index contributed by atoms with van der Waals surface area (Å²) in [7, 11) is 3.17. The quantitative estimate of drug-likeness (QED) is 0.350. The number of carbonyl (C=O) groups excluding carboxylic acids is 2. The van der Waals surface area contributed by atoms with E-state index in [2.05, 4.69) is 21.2 Å². The van der Waals surface area contributed by atoms with Crippen molar-refractivity contribution in [2.45, 2.75) is 51.0 Å². The highest BCUT2D eigenvalue weighted by Crippen LogP contribution is 2.36. The van der Waals surface area contributed by atoms with Gasteiger partial charge < -0.3 is 19.9 Å². The molecule has 10 heteroatoms. The van der Waals surface area contributed by atoms with E-state index in [1.165, 1.54) is 12.0 Å². The SMILES string of the molecule is CC[C@@H](CN(C(=O)C(F)(F)F)[C@H]1CCc2ccccc2N(Cc2c(OC)ccc3cc(Br)ccc23)C1=O)NC. The third kappa shape index (κ3) is 6.06. The molecule has 39 heavy (non-hydrogen) atoms. The molecular weight excluding hydrogens is 575 g/mol. The number of nitrogens with one attached hydrogen (secondary N) is 1. The number of methoxy groups -OCH3 is 1. The Morgan fingerprint density at radius 3 is 2.62 bits per heavy atom. The molecule has 0 aliphatic carbocycles. The van der Waals surface area contributed by atoms with E-state index >= 15 is 0 Å². The van der Waals surface area contributed by atoms with Gasteiger partial charge in [0.05, 0.1) is 13.7 Å². The summed E-state index contributed by atoms with van der Waals surface area (Å²) in [6.07, 6.45) is -4.19. The van der Waals surface area contributed by atoms with Crippen LogP contribution in [0.25, 0.3) is 10.8 Å². The Labute approximate surface area is 234 Å². The lowest BCUT2D eigenvalue weighted by molar-refractivity contribution is -0.188. The van der Waals surface area contributed by atoms with Gasteiger partial charge in [-0.25, -0.2) is 0 Å². The molecule has 0 spiro atoms. The number of carbonyl (C=O) groups is 2. The van der Waals surface area contributed by atoms with Crippen LogP contribution in [-0.2, 0) is 22.6 Å². The number of amides is 2. The van der Waals surface area contributed by atoms with Crippen LogP contribution in [-0.4, -0.2) is 55.7 Å². The topological polar surface area (TPSA) is 61.9 Å². The third-order valence-electron chi connectivity index (χ3n) is 7.30. The zero-order valence-corrected chi connectivity index (χ0v) is 23.6. The number of fused-ring (bicyclic) bond motifs is 2. The largest absolute Gasteiger partial charge is 0.496 e. The zero-order valence-electron chi connectivity index (χ0n) is 22.0. The summed E-state index contributed by atoms with van der Waals surface area (Å²) < 4.78 is 47.9.